The lowest BCUT2D eigenvalue weighted by atomic mass is 10.2. The molecule has 1 aromatic carbocycles. The van der Waals surface area contributed by atoms with Crippen molar-refractivity contribution < 1.29 is 44.3 Å². The lowest BCUT2D eigenvalue weighted by molar-refractivity contribution is -0.138. The summed E-state index contributed by atoms with van der Waals surface area (Å²) in [6.07, 6.45) is -9.59. The Morgan fingerprint density at radius 2 is 1.74 bits per heavy atom. The summed E-state index contributed by atoms with van der Waals surface area (Å²) in [6, 6.07) is 4.18. The van der Waals surface area contributed by atoms with E-state index < -0.39 is 55.7 Å². The van der Waals surface area contributed by atoms with Crippen molar-refractivity contribution in [3.05, 3.63) is 53.7 Å². The van der Waals surface area contributed by atoms with Gasteiger partial charge in [0.1, 0.15) is 11.5 Å². The Morgan fingerprint density at radius 1 is 1.03 bits per heavy atom. The maximum absolute atomic E-state index is 13.3. The van der Waals surface area contributed by atoms with E-state index in [0.717, 1.165) is 30.3 Å². The van der Waals surface area contributed by atoms with E-state index >= 15 is 0 Å². The van der Waals surface area contributed by atoms with E-state index in [4.69, 9.17) is 4.74 Å². The lowest BCUT2D eigenvalue weighted by Gasteiger charge is -2.28. The Hall–Kier alpha value is -2.87. The van der Waals surface area contributed by atoms with E-state index in [2.05, 4.69) is 10.3 Å². The molecule has 2 saturated heterocycles. The fraction of sp³-hybridized carbons (Fsp3) is 0.429. The fourth-order valence-electron chi connectivity index (χ4n) is 4.19. The number of rotatable bonds is 4. The van der Waals surface area contributed by atoms with Gasteiger partial charge < -0.3 is 9.64 Å². The first kappa shape index (κ1) is 25.2. The second kappa shape index (κ2) is 8.97. The third-order valence-corrected chi connectivity index (χ3v) is 7.89. The molecule has 1 aromatic heterocycles. The minimum Gasteiger partial charge on any atom is -0.472 e. The van der Waals surface area contributed by atoms with Crippen LogP contribution in [0.3, 0.4) is 0 Å². The number of hydrogen-bond acceptors (Lipinski definition) is 6. The first-order valence-electron chi connectivity index (χ1n) is 10.4. The number of alkyl halides is 6. The van der Waals surface area contributed by atoms with Crippen LogP contribution in [0.1, 0.15) is 24.0 Å². The number of fused-ring (bicyclic) bond motifs is 1. The monoisotopic (exact) mass is 523 g/mol. The van der Waals surface area contributed by atoms with Crippen LogP contribution in [0.15, 0.2) is 47.5 Å². The Bertz CT molecular complexity index is 1200. The van der Waals surface area contributed by atoms with Gasteiger partial charge in [-0.2, -0.15) is 26.3 Å². The number of amides is 1. The molecule has 2 aliphatic rings. The van der Waals surface area contributed by atoms with Gasteiger partial charge in [0.25, 0.3) is 0 Å². The van der Waals surface area contributed by atoms with Crippen LogP contribution in [0.2, 0.25) is 0 Å². The second-order valence-corrected chi connectivity index (χ2v) is 10.2. The molecule has 190 valence electrons. The summed E-state index contributed by atoms with van der Waals surface area (Å²) in [5.74, 6) is -0.519. The number of hydrogen-bond donors (Lipinski definition) is 1. The molecule has 2 fully saturated rings. The molecule has 1 amide bonds. The predicted octanol–water partition coefficient (Wildman–Crippen LogP) is 3.26. The summed E-state index contributed by atoms with van der Waals surface area (Å²) >= 11 is 0. The highest BCUT2D eigenvalue weighted by Gasteiger charge is 2.48. The molecule has 1 N–H and O–H groups in total. The van der Waals surface area contributed by atoms with Gasteiger partial charge in [-0.25, -0.2) is 13.4 Å². The van der Waals surface area contributed by atoms with Gasteiger partial charge in [0.05, 0.1) is 28.6 Å². The normalized spacial score (nSPS) is 23.7. The van der Waals surface area contributed by atoms with Crippen molar-refractivity contribution in [2.75, 3.05) is 13.1 Å². The van der Waals surface area contributed by atoms with Crippen molar-refractivity contribution in [1.82, 2.24) is 15.2 Å². The summed E-state index contributed by atoms with van der Waals surface area (Å²) in [6.45, 7) is -0.0524. The molecule has 7 nitrogen and oxygen atoms in total. The summed E-state index contributed by atoms with van der Waals surface area (Å²) in [5.41, 5.74) is -2.10. The largest absolute Gasteiger partial charge is 0.472 e. The molecule has 4 rings (SSSR count). The molecule has 0 radical (unpaired) electrons. The molecule has 14 heteroatoms. The maximum Gasteiger partial charge on any atom is 0.417 e. The Labute approximate surface area is 196 Å². The van der Waals surface area contributed by atoms with Gasteiger partial charge in [-0.15, -0.1) is 0 Å². The third kappa shape index (κ3) is 5.22. The summed E-state index contributed by atoms with van der Waals surface area (Å²) in [4.78, 5) is 16.9. The molecule has 0 bridgehead atoms. The molecule has 3 heterocycles. The number of nitrogens with zero attached hydrogens (tertiary/aromatic N) is 2. The van der Waals surface area contributed by atoms with Crippen molar-refractivity contribution >= 4 is 15.7 Å². The Morgan fingerprint density at radius 3 is 2.37 bits per heavy atom. The van der Waals surface area contributed by atoms with Crippen molar-refractivity contribution in [1.29, 1.82) is 0 Å². The number of sulfone groups is 1. The van der Waals surface area contributed by atoms with Crippen LogP contribution in [0.5, 0.6) is 5.88 Å². The molecule has 0 spiro atoms. The molecular weight excluding hydrogens is 504 g/mol. The van der Waals surface area contributed by atoms with Crippen LogP contribution in [0.4, 0.5) is 26.3 Å². The molecule has 0 aliphatic carbocycles. The van der Waals surface area contributed by atoms with Crippen LogP contribution in [-0.4, -0.2) is 54.8 Å². The summed E-state index contributed by atoms with van der Waals surface area (Å²) < 4.78 is 110. The van der Waals surface area contributed by atoms with E-state index in [0.29, 0.717) is 12.3 Å². The first-order chi connectivity index (χ1) is 16.3. The quantitative estimate of drug-likeness (QED) is 0.620. The minimum atomic E-state index is -4.74. The number of halogens is 6. The zero-order chi connectivity index (χ0) is 25.6. The molecule has 2 aliphatic heterocycles. The van der Waals surface area contributed by atoms with Crippen LogP contribution < -0.4 is 10.1 Å². The number of ether oxygens (including phenoxy) is 1. The summed E-state index contributed by atoms with van der Waals surface area (Å²) in [5, 5.41) is 1.35. The molecule has 3 unspecified atom stereocenters. The Kier molecular flexibility index (Phi) is 6.47. The number of carbonyl (C=O) groups is 1. The van der Waals surface area contributed by atoms with E-state index in [9.17, 15) is 39.6 Å². The van der Waals surface area contributed by atoms with Crippen LogP contribution in [0.25, 0.3) is 0 Å². The highest BCUT2D eigenvalue weighted by atomic mass is 32.2. The van der Waals surface area contributed by atoms with Gasteiger partial charge in [0.15, 0.2) is 9.84 Å². The van der Waals surface area contributed by atoms with E-state index in [1.165, 1.54) is 4.90 Å². The standard InChI is InChI=1S/C21H19F6N3O4S/c22-20(23,24)12-2-1-3-15(8-12)35(32,33)19-16-9-14(11-30(16)18(31)6-7-28-19)34-17-5-4-13(10-29-17)21(25,26)27/h1-5,8,10,14,16,19,28H,6-7,9,11H2. The SMILES string of the molecule is O=C1CCNC(S(=O)(=O)c2cccc(C(F)(F)F)c2)C2CC(Oc3ccc(C(F)(F)F)cn3)CN12. The van der Waals surface area contributed by atoms with Crippen molar-refractivity contribution in [3.63, 3.8) is 0 Å². The number of nitrogens with one attached hydrogen (secondary N) is 1. The van der Waals surface area contributed by atoms with E-state index in [-0.39, 0.29) is 37.7 Å². The predicted molar refractivity (Wildman–Crippen MR) is 109 cm³/mol. The van der Waals surface area contributed by atoms with Gasteiger partial charge in [-0.3, -0.25) is 10.1 Å². The van der Waals surface area contributed by atoms with Gasteiger partial charge >= 0.3 is 12.4 Å². The van der Waals surface area contributed by atoms with Crippen LogP contribution >= 0.6 is 0 Å². The van der Waals surface area contributed by atoms with E-state index in [1.54, 1.807) is 0 Å². The van der Waals surface area contributed by atoms with Crippen molar-refractivity contribution in [2.24, 2.45) is 0 Å². The van der Waals surface area contributed by atoms with Gasteiger partial charge in [0, 0.05) is 31.6 Å². The molecule has 3 atom stereocenters. The van der Waals surface area contributed by atoms with Gasteiger partial charge in [-0.1, -0.05) is 6.07 Å². The highest BCUT2D eigenvalue weighted by molar-refractivity contribution is 7.92. The maximum atomic E-state index is 13.3. The average Bonchev–Trinajstić information content (AvgIpc) is 3.12. The van der Waals surface area contributed by atoms with Gasteiger partial charge in [0.2, 0.25) is 11.8 Å². The first-order valence-corrected chi connectivity index (χ1v) is 12.0. The second-order valence-electron chi connectivity index (χ2n) is 8.17. The molecule has 35 heavy (non-hydrogen) atoms. The lowest BCUT2D eigenvalue weighted by Crippen LogP contribution is -2.49. The molecular formula is C21H19F6N3O4S. The number of aromatic nitrogens is 1. The zero-order valence-electron chi connectivity index (χ0n) is 17.8. The number of carbonyl (C=O) groups excluding carboxylic acids is 1. The van der Waals surface area contributed by atoms with Gasteiger partial charge in [-0.05, 0) is 24.3 Å². The average molecular weight is 523 g/mol. The number of benzene rings is 1. The van der Waals surface area contributed by atoms with E-state index in [1.807, 2.05) is 0 Å². The van der Waals surface area contributed by atoms with Crippen LogP contribution in [-0.2, 0) is 27.0 Å². The summed E-state index contributed by atoms with van der Waals surface area (Å²) in [7, 11) is -4.37. The molecule has 2 aromatic rings. The molecule has 0 saturated carbocycles. The Balaban J connectivity index is 1.58. The fourth-order valence-corrected chi connectivity index (χ4v) is 6.05. The van der Waals surface area contributed by atoms with Crippen LogP contribution in [0, 0.1) is 0 Å². The zero-order valence-corrected chi connectivity index (χ0v) is 18.6. The number of pyridine rings is 1. The van der Waals surface area contributed by atoms with Crippen molar-refractivity contribution in [2.45, 2.75) is 47.6 Å². The topological polar surface area (TPSA) is 88.6 Å². The third-order valence-electron chi connectivity index (χ3n) is 5.83. The van der Waals surface area contributed by atoms with Crippen molar-refractivity contribution in [3.8, 4) is 5.88 Å². The highest BCUT2D eigenvalue weighted by Crippen LogP contribution is 2.35. The smallest absolute Gasteiger partial charge is 0.417 e. The minimum absolute atomic E-state index is 0.000670.